The van der Waals surface area contributed by atoms with E-state index in [1.54, 1.807) is 0 Å². The molecule has 0 unspecified atom stereocenters. The molecule has 8 nitrogen and oxygen atoms in total. The van der Waals surface area contributed by atoms with E-state index < -0.39 is 10.0 Å². The summed E-state index contributed by atoms with van der Waals surface area (Å²) in [5.74, 6) is -0.0756. The van der Waals surface area contributed by atoms with Crippen LogP contribution in [0.1, 0.15) is 10.4 Å². The Morgan fingerprint density at radius 3 is 2.54 bits per heavy atom. The molecule has 130 valence electrons. The van der Waals surface area contributed by atoms with Gasteiger partial charge in [0, 0.05) is 44.2 Å². The number of carbonyl (C=O) groups excluding carboxylic acids is 2. The first-order valence-corrected chi connectivity index (χ1v) is 9.26. The van der Waals surface area contributed by atoms with Crippen LogP contribution < -0.4 is 16.0 Å². The average Bonchev–Trinajstić information content (AvgIpc) is 2.53. The molecule has 2 aliphatic heterocycles. The Kier molecular flexibility index (Phi) is 4.83. The van der Waals surface area contributed by atoms with E-state index in [1.807, 2.05) is 0 Å². The van der Waals surface area contributed by atoms with Crippen LogP contribution in [0, 0.1) is 5.92 Å². The zero-order valence-corrected chi connectivity index (χ0v) is 13.9. The van der Waals surface area contributed by atoms with E-state index in [0.717, 1.165) is 17.4 Å². The quantitative estimate of drug-likeness (QED) is 0.614. The van der Waals surface area contributed by atoms with Gasteiger partial charge in [0.15, 0.2) is 0 Å². The molecule has 1 aromatic carbocycles. The Morgan fingerprint density at radius 1 is 1.25 bits per heavy atom. The third-order valence-electron chi connectivity index (χ3n) is 4.17. The maximum Gasteiger partial charge on any atom is 0.251 e. The zero-order chi connectivity index (χ0) is 17.2. The van der Waals surface area contributed by atoms with Gasteiger partial charge < -0.3 is 16.0 Å². The molecule has 2 heterocycles. The molecule has 0 radical (unpaired) electrons. The van der Waals surface area contributed by atoms with Crippen molar-refractivity contribution in [3.63, 3.8) is 0 Å². The van der Waals surface area contributed by atoms with Gasteiger partial charge in [-0.25, -0.2) is 8.42 Å². The zero-order valence-electron chi connectivity index (χ0n) is 13.1. The minimum Gasteiger partial charge on any atom is -0.354 e. The molecule has 0 saturated carbocycles. The van der Waals surface area contributed by atoms with Crippen LogP contribution in [0.15, 0.2) is 29.2 Å². The Hall–Kier alpha value is -1.97. The molecule has 0 spiro atoms. The number of amides is 2. The molecule has 3 N–H and O–H groups in total. The van der Waals surface area contributed by atoms with Crippen molar-refractivity contribution in [1.82, 2.24) is 20.3 Å². The summed E-state index contributed by atoms with van der Waals surface area (Å²) in [5, 5.41) is 8.56. The van der Waals surface area contributed by atoms with Gasteiger partial charge in [-0.3, -0.25) is 9.59 Å². The molecule has 3 rings (SSSR count). The molecule has 9 heteroatoms. The lowest BCUT2D eigenvalue weighted by Crippen LogP contribution is -2.49. The fourth-order valence-electron chi connectivity index (χ4n) is 2.58. The highest BCUT2D eigenvalue weighted by Gasteiger charge is 2.29. The highest BCUT2D eigenvalue weighted by molar-refractivity contribution is 7.89. The fraction of sp³-hybridized carbons (Fsp3) is 0.467. The van der Waals surface area contributed by atoms with E-state index >= 15 is 0 Å². The molecular formula is C15H20N4O4S. The predicted molar refractivity (Wildman–Crippen MR) is 86.9 cm³/mol. The number of hydrogen-bond donors (Lipinski definition) is 3. The number of nitrogens with zero attached hydrogens (tertiary/aromatic N) is 1. The number of sulfonamides is 1. The van der Waals surface area contributed by atoms with E-state index in [4.69, 9.17) is 0 Å². The number of hydrogen-bond acceptors (Lipinski definition) is 5. The monoisotopic (exact) mass is 352 g/mol. The second-order valence-corrected chi connectivity index (χ2v) is 7.89. The molecule has 2 saturated heterocycles. The molecule has 0 bridgehead atoms. The van der Waals surface area contributed by atoms with Crippen LogP contribution in [0.2, 0.25) is 0 Å². The maximum absolute atomic E-state index is 12.5. The van der Waals surface area contributed by atoms with Crippen LogP contribution in [-0.2, 0) is 14.8 Å². The van der Waals surface area contributed by atoms with Gasteiger partial charge in [0.2, 0.25) is 15.9 Å². The van der Waals surface area contributed by atoms with Gasteiger partial charge in [0.25, 0.3) is 5.91 Å². The summed E-state index contributed by atoms with van der Waals surface area (Å²) >= 11 is 0. The summed E-state index contributed by atoms with van der Waals surface area (Å²) in [6.07, 6.45) is 0. The highest BCUT2D eigenvalue weighted by atomic mass is 32.2. The van der Waals surface area contributed by atoms with Crippen LogP contribution in [-0.4, -0.2) is 63.8 Å². The van der Waals surface area contributed by atoms with Crippen molar-refractivity contribution < 1.29 is 18.0 Å². The summed E-state index contributed by atoms with van der Waals surface area (Å²) < 4.78 is 26.2. The Bertz CT molecular complexity index is 728. The highest BCUT2D eigenvalue weighted by Crippen LogP contribution is 2.17. The minimum atomic E-state index is -3.73. The Balaban J connectivity index is 1.66. The fourth-order valence-corrected chi connectivity index (χ4v) is 3.98. The summed E-state index contributed by atoms with van der Waals surface area (Å²) in [7, 11) is -3.73. The number of nitrogens with one attached hydrogen (secondary N) is 3. The lowest BCUT2D eigenvalue weighted by molar-refractivity contribution is -0.122. The van der Waals surface area contributed by atoms with Crippen molar-refractivity contribution in [2.75, 3.05) is 39.3 Å². The first-order valence-electron chi connectivity index (χ1n) is 7.82. The summed E-state index contributed by atoms with van der Waals surface area (Å²) in [4.78, 5) is 23.5. The summed E-state index contributed by atoms with van der Waals surface area (Å²) in [6.45, 7) is 2.77. The van der Waals surface area contributed by atoms with E-state index in [-0.39, 0.29) is 29.8 Å². The van der Waals surface area contributed by atoms with E-state index in [2.05, 4.69) is 16.0 Å². The lowest BCUT2D eigenvalue weighted by Gasteiger charge is -2.27. The van der Waals surface area contributed by atoms with Crippen LogP contribution >= 0.6 is 0 Å². The largest absolute Gasteiger partial charge is 0.354 e. The van der Waals surface area contributed by atoms with Gasteiger partial charge in [-0.2, -0.15) is 4.31 Å². The number of benzene rings is 1. The molecule has 0 aromatic heterocycles. The van der Waals surface area contributed by atoms with Crippen molar-refractivity contribution in [2.24, 2.45) is 5.92 Å². The van der Waals surface area contributed by atoms with Crippen molar-refractivity contribution in [2.45, 2.75) is 4.90 Å². The number of piperazine rings is 1. The van der Waals surface area contributed by atoms with Gasteiger partial charge in [-0.1, -0.05) is 0 Å². The molecule has 0 aliphatic carbocycles. The van der Waals surface area contributed by atoms with Crippen LogP contribution in [0.5, 0.6) is 0 Å². The molecule has 1 aromatic rings. The number of rotatable bonds is 5. The Labute approximate surface area is 140 Å². The lowest BCUT2D eigenvalue weighted by atomic mass is 10.0. The van der Waals surface area contributed by atoms with Crippen LogP contribution in [0.3, 0.4) is 0 Å². The van der Waals surface area contributed by atoms with Crippen molar-refractivity contribution >= 4 is 21.8 Å². The van der Waals surface area contributed by atoms with Gasteiger partial charge in [0.1, 0.15) is 0 Å². The van der Waals surface area contributed by atoms with Gasteiger partial charge in [0.05, 0.1) is 11.4 Å². The van der Waals surface area contributed by atoms with Gasteiger partial charge in [-0.05, 0) is 24.3 Å². The van der Waals surface area contributed by atoms with Gasteiger partial charge in [-0.15, -0.1) is 0 Å². The normalized spacial score (nSPS) is 19.4. The minimum absolute atomic E-state index is 0.0805. The molecule has 2 amide bonds. The molecule has 24 heavy (non-hydrogen) atoms. The smallest absolute Gasteiger partial charge is 0.251 e. The summed E-state index contributed by atoms with van der Waals surface area (Å²) in [5.41, 5.74) is 0.414. The molecule has 2 fully saturated rings. The van der Waals surface area contributed by atoms with E-state index in [1.165, 1.54) is 24.3 Å². The molecule has 0 atom stereocenters. The first kappa shape index (κ1) is 16.9. The number of carbonyl (C=O) groups is 2. The standard InChI is InChI=1S/C15H20N4O4S/c20-14-10-19(6-5-17-14)24(22,23)13-3-1-12(2-4-13)15(21)18-9-11-7-16-8-11/h1-4,11,16H,5-10H2,(H,17,20)(H,18,21). The van der Waals surface area contributed by atoms with Crippen molar-refractivity contribution in [3.8, 4) is 0 Å². The third kappa shape index (κ3) is 3.58. The second kappa shape index (κ2) is 6.88. The van der Waals surface area contributed by atoms with Crippen molar-refractivity contribution in [3.05, 3.63) is 29.8 Å². The van der Waals surface area contributed by atoms with Crippen molar-refractivity contribution in [1.29, 1.82) is 0 Å². The molecule has 2 aliphatic rings. The average molecular weight is 352 g/mol. The van der Waals surface area contributed by atoms with E-state index in [9.17, 15) is 18.0 Å². The molecular weight excluding hydrogens is 332 g/mol. The first-order chi connectivity index (χ1) is 11.5. The topological polar surface area (TPSA) is 108 Å². The Morgan fingerprint density at radius 2 is 1.96 bits per heavy atom. The van der Waals surface area contributed by atoms with Gasteiger partial charge >= 0.3 is 0 Å². The van der Waals surface area contributed by atoms with Crippen LogP contribution in [0.4, 0.5) is 0 Å². The SMILES string of the molecule is O=C1CN(S(=O)(=O)c2ccc(C(=O)NCC3CNC3)cc2)CCN1. The maximum atomic E-state index is 12.5. The predicted octanol–water partition coefficient (Wildman–Crippen LogP) is -1.24. The third-order valence-corrected chi connectivity index (χ3v) is 6.03. The van der Waals surface area contributed by atoms with E-state index in [0.29, 0.717) is 24.6 Å². The summed E-state index contributed by atoms with van der Waals surface area (Å²) in [6, 6.07) is 5.79. The van der Waals surface area contributed by atoms with Crippen LogP contribution in [0.25, 0.3) is 0 Å². The second-order valence-electron chi connectivity index (χ2n) is 5.95.